The van der Waals surface area contributed by atoms with Crippen LogP contribution in [0.4, 0.5) is 16.3 Å². The summed E-state index contributed by atoms with van der Waals surface area (Å²) in [5.41, 5.74) is 2.68. The van der Waals surface area contributed by atoms with Crippen molar-refractivity contribution in [1.82, 2.24) is 9.55 Å². The predicted octanol–water partition coefficient (Wildman–Crippen LogP) is 3.20. The van der Waals surface area contributed by atoms with E-state index in [1.807, 2.05) is 6.07 Å². The van der Waals surface area contributed by atoms with E-state index in [0.717, 1.165) is 11.3 Å². The number of hydrogen-bond acceptors (Lipinski definition) is 3. The number of hydrogen-bond donors (Lipinski definition) is 2. The zero-order valence-electron chi connectivity index (χ0n) is 12.0. The standard InChI is InChI=1S/C17H12N4O2/c22-16-11-5-3-6-12(15(11)13-7-4-10-21(13)16)19-17(23)20-14-8-1-2-9-18-14/h1-10H,(H2,18,19,20,23). The number of nitrogens with zero attached hydrogens (tertiary/aromatic N) is 2. The molecule has 0 atom stereocenters. The van der Waals surface area contributed by atoms with Gasteiger partial charge >= 0.3 is 6.03 Å². The Morgan fingerprint density at radius 2 is 1.91 bits per heavy atom. The van der Waals surface area contributed by atoms with Gasteiger partial charge in [0.15, 0.2) is 0 Å². The van der Waals surface area contributed by atoms with Crippen molar-refractivity contribution in [1.29, 1.82) is 0 Å². The Hall–Kier alpha value is -3.41. The maximum Gasteiger partial charge on any atom is 0.324 e. The van der Waals surface area contributed by atoms with Crippen LogP contribution in [0.2, 0.25) is 0 Å². The van der Waals surface area contributed by atoms with Crippen molar-refractivity contribution < 1.29 is 9.59 Å². The summed E-state index contributed by atoms with van der Waals surface area (Å²) in [7, 11) is 0. The van der Waals surface area contributed by atoms with E-state index in [9.17, 15) is 9.59 Å². The van der Waals surface area contributed by atoms with E-state index in [1.54, 1.807) is 59.4 Å². The van der Waals surface area contributed by atoms with Crippen molar-refractivity contribution in [2.75, 3.05) is 10.6 Å². The van der Waals surface area contributed by atoms with Crippen molar-refractivity contribution in [3.8, 4) is 11.3 Å². The van der Waals surface area contributed by atoms with Crippen molar-refractivity contribution >= 4 is 23.4 Å². The van der Waals surface area contributed by atoms with Crippen LogP contribution >= 0.6 is 0 Å². The SMILES string of the molecule is O=C(Nc1ccccn1)Nc1cccc2c1-c1cccn1C2=O. The molecular formula is C17H12N4O2. The number of fused-ring (bicyclic) bond motifs is 3. The van der Waals surface area contributed by atoms with E-state index >= 15 is 0 Å². The zero-order valence-corrected chi connectivity index (χ0v) is 12.0. The lowest BCUT2D eigenvalue weighted by Crippen LogP contribution is -2.20. The van der Waals surface area contributed by atoms with Crippen LogP contribution in [0.25, 0.3) is 11.3 Å². The van der Waals surface area contributed by atoms with Gasteiger partial charge in [0.05, 0.1) is 16.9 Å². The molecule has 0 fully saturated rings. The number of aromatic nitrogens is 2. The Bertz CT molecular complexity index is 915. The number of amides is 2. The summed E-state index contributed by atoms with van der Waals surface area (Å²) in [5.74, 6) is 0.366. The van der Waals surface area contributed by atoms with E-state index in [2.05, 4.69) is 15.6 Å². The maximum absolute atomic E-state index is 12.3. The zero-order chi connectivity index (χ0) is 15.8. The molecule has 0 bridgehead atoms. The predicted molar refractivity (Wildman–Crippen MR) is 86.5 cm³/mol. The molecule has 112 valence electrons. The second kappa shape index (κ2) is 5.10. The van der Waals surface area contributed by atoms with Crippen molar-refractivity contribution in [2.45, 2.75) is 0 Å². The molecule has 0 spiro atoms. The molecule has 2 N–H and O–H groups in total. The minimum Gasteiger partial charge on any atom is -0.307 e. The van der Waals surface area contributed by atoms with E-state index in [-0.39, 0.29) is 5.91 Å². The second-order valence-electron chi connectivity index (χ2n) is 5.09. The number of pyridine rings is 1. The highest BCUT2D eigenvalue weighted by Gasteiger charge is 2.28. The fraction of sp³-hybridized carbons (Fsp3) is 0. The molecule has 6 nitrogen and oxygen atoms in total. The molecule has 1 aliphatic heterocycles. The molecule has 6 heteroatoms. The summed E-state index contributed by atoms with van der Waals surface area (Å²) in [6.07, 6.45) is 3.32. The number of urea groups is 1. The molecule has 0 saturated carbocycles. The van der Waals surface area contributed by atoms with Gasteiger partial charge in [-0.25, -0.2) is 9.78 Å². The fourth-order valence-corrected chi connectivity index (χ4v) is 2.71. The Kier molecular flexibility index (Phi) is 2.94. The van der Waals surface area contributed by atoms with Gasteiger partial charge in [-0.15, -0.1) is 0 Å². The highest BCUT2D eigenvalue weighted by molar-refractivity contribution is 6.13. The Morgan fingerprint density at radius 1 is 1.00 bits per heavy atom. The second-order valence-corrected chi connectivity index (χ2v) is 5.09. The third kappa shape index (κ3) is 2.17. The fourth-order valence-electron chi connectivity index (χ4n) is 2.71. The number of carbonyl (C=O) groups is 2. The van der Waals surface area contributed by atoms with Crippen LogP contribution in [0.3, 0.4) is 0 Å². The molecule has 4 rings (SSSR count). The summed E-state index contributed by atoms with van der Waals surface area (Å²) >= 11 is 0. The summed E-state index contributed by atoms with van der Waals surface area (Å²) in [6.45, 7) is 0. The van der Waals surface area contributed by atoms with Gasteiger partial charge in [0.25, 0.3) is 5.91 Å². The van der Waals surface area contributed by atoms with Gasteiger partial charge in [-0.3, -0.25) is 14.7 Å². The van der Waals surface area contributed by atoms with Crippen LogP contribution in [0.15, 0.2) is 60.9 Å². The van der Waals surface area contributed by atoms with Crippen LogP contribution in [0.5, 0.6) is 0 Å². The lowest BCUT2D eigenvalue weighted by molar-refractivity contribution is 0.0969. The molecule has 0 aliphatic carbocycles. The minimum absolute atomic E-state index is 0.0891. The van der Waals surface area contributed by atoms with Crippen molar-refractivity contribution in [3.63, 3.8) is 0 Å². The highest BCUT2D eigenvalue weighted by atomic mass is 16.2. The molecule has 23 heavy (non-hydrogen) atoms. The van der Waals surface area contributed by atoms with Crippen molar-refractivity contribution in [3.05, 3.63) is 66.5 Å². The molecule has 2 aromatic heterocycles. The maximum atomic E-state index is 12.3. The summed E-state index contributed by atoms with van der Waals surface area (Å²) < 4.78 is 1.58. The third-order valence-corrected chi connectivity index (χ3v) is 3.67. The molecule has 3 aromatic rings. The lowest BCUT2D eigenvalue weighted by atomic mass is 10.0. The Balaban J connectivity index is 1.65. The van der Waals surface area contributed by atoms with Crippen LogP contribution < -0.4 is 10.6 Å². The van der Waals surface area contributed by atoms with Gasteiger partial charge in [-0.05, 0) is 36.4 Å². The summed E-state index contributed by atoms with van der Waals surface area (Å²) in [5, 5.41) is 5.44. The van der Waals surface area contributed by atoms with Gasteiger partial charge in [-0.2, -0.15) is 0 Å². The summed E-state index contributed by atoms with van der Waals surface area (Å²) in [4.78, 5) is 28.5. The topological polar surface area (TPSA) is 76.0 Å². The van der Waals surface area contributed by atoms with Crippen LogP contribution in [-0.4, -0.2) is 21.5 Å². The Morgan fingerprint density at radius 3 is 2.74 bits per heavy atom. The number of anilines is 2. The summed E-state index contributed by atoms with van der Waals surface area (Å²) in [6, 6.07) is 13.8. The smallest absolute Gasteiger partial charge is 0.307 e. The quantitative estimate of drug-likeness (QED) is 0.597. The van der Waals surface area contributed by atoms with Gasteiger partial charge in [-0.1, -0.05) is 12.1 Å². The molecule has 1 aromatic carbocycles. The number of rotatable bonds is 2. The van der Waals surface area contributed by atoms with Crippen LogP contribution in [0.1, 0.15) is 10.4 Å². The Labute approximate surface area is 131 Å². The first-order valence-corrected chi connectivity index (χ1v) is 7.08. The largest absolute Gasteiger partial charge is 0.324 e. The number of carbonyl (C=O) groups excluding carboxylic acids is 2. The molecule has 3 heterocycles. The van der Waals surface area contributed by atoms with Gasteiger partial charge < -0.3 is 5.32 Å². The van der Waals surface area contributed by atoms with Crippen LogP contribution in [0, 0.1) is 0 Å². The normalized spacial score (nSPS) is 11.7. The van der Waals surface area contributed by atoms with E-state index in [1.165, 1.54) is 0 Å². The van der Waals surface area contributed by atoms with Gasteiger partial charge in [0, 0.05) is 18.0 Å². The van der Waals surface area contributed by atoms with Crippen LogP contribution in [-0.2, 0) is 0 Å². The molecular weight excluding hydrogens is 292 g/mol. The lowest BCUT2D eigenvalue weighted by Gasteiger charge is -2.10. The van der Waals surface area contributed by atoms with E-state index in [4.69, 9.17) is 0 Å². The highest BCUT2D eigenvalue weighted by Crippen LogP contribution is 2.37. The molecule has 1 aliphatic rings. The average Bonchev–Trinajstić information content (AvgIpc) is 3.12. The molecule has 0 saturated heterocycles. The average molecular weight is 304 g/mol. The van der Waals surface area contributed by atoms with Gasteiger partial charge in [0.1, 0.15) is 5.82 Å². The monoisotopic (exact) mass is 304 g/mol. The molecule has 0 radical (unpaired) electrons. The molecule has 2 amide bonds. The minimum atomic E-state index is -0.408. The third-order valence-electron chi connectivity index (χ3n) is 3.67. The molecule has 0 unspecified atom stereocenters. The van der Waals surface area contributed by atoms with Gasteiger partial charge in [0.2, 0.25) is 0 Å². The van der Waals surface area contributed by atoms with E-state index in [0.29, 0.717) is 17.1 Å². The number of benzene rings is 1. The van der Waals surface area contributed by atoms with Crippen molar-refractivity contribution in [2.24, 2.45) is 0 Å². The first-order valence-electron chi connectivity index (χ1n) is 7.08. The first-order chi connectivity index (χ1) is 11.2. The number of nitrogens with one attached hydrogen (secondary N) is 2. The van der Waals surface area contributed by atoms with E-state index < -0.39 is 6.03 Å². The first kappa shape index (κ1) is 13.3.